The first kappa shape index (κ1) is 15.0. The van der Waals surface area contributed by atoms with Gasteiger partial charge in [-0.1, -0.05) is 38.5 Å². The second kappa shape index (κ2) is 6.78. The van der Waals surface area contributed by atoms with Gasteiger partial charge in [-0.25, -0.2) is 9.59 Å². The van der Waals surface area contributed by atoms with Crippen LogP contribution in [0.1, 0.15) is 20.3 Å². The van der Waals surface area contributed by atoms with Crippen LogP contribution >= 0.6 is 0 Å². The van der Waals surface area contributed by atoms with Gasteiger partial charge < -0.3 is 10.4 Å². The number of carbonyl (C=O) groups excluding carboxylic acids is 1. The van der Waals surface area contributed by atoms with E-state index in [4.69, 9.17) is 5.11 Å². The fraction of sp³-hybridized carbons (Fsp3) is 0.429. The van der Waals surface area contributed by atoms with Crippen LogP contribution in [0.25, 0.3) is 0 Å². The number of rotatable bonds is 5. The van der Waals surface area contributed by atoms with Crippen molar-refractivity contribution >= 4 is 17.7 Å². The summed E-state index contributed by atoms with van der Waals surface area (Å²) < 4.78 is 0. The Labute approximate surface area is 113 Å². The largest absolute Gasteiger partial charge is 0.480 e. The molecular formula is C14H20N2O3. The van der Waals surface area contributed by atoms with Gasteiger partial charge in [0, 0.05) is 12.7 Å². The molecule has 0 spiro atoms. The molecule has 0 saturated carbocycles. The summed E-state index contributed by atoms with van der Waals surface area (Å²) in [5, 5.41) is 11.7. The number of carboxylic acids is 1. The fourth-order valence-corrected chi connectivity index (χ4v) is 1.68. The Morgan fingerprint density at radius 1 is 1.32 bits per heavy atom. The lowest BCUT2D eigenvalue weighted by Crippen LogP contribution is -2.49. The monoisotopic (exact) mass is 264 g/mol. The van der Waals surface area contributed by atoms with E-state index in [1.54, 1.807) is 19.2 Å². The molecule has 0 aromatic heterocycles. The molecule has 2 amide bonds. The molecule has 0 unspecified atom stereocenters. The Balaban J connectivity index is 2.75. The van der Waals surface area contributed by atoms with Crippen LogP contribution in [0.15, 0.2) is 30.3 Å². The van der Waals surface area contributed by atoms with Crippen LogP contribution in [0.5, 0.6) is 0 Å². The Hall–Kier alpha value is -2.04. The lowest BCUT2D eigenvalue weighted by molar-refractivity contribution is -0.140. The van der Waals surface area contributed by atoms with Crippen LogP contribution in [0, 0.1) is 5.92 Å². The normalized spacial score (nSPS) is 13.4. The molecular weight excluding hydrogens is 244 g/mol. The van der Waals surface area contributed by atoms with Crippen molar-refractivity contribution in [3.05, 3.63) is 30.3 Å². The van der Waals surface area contributed by atoms with Gasteiger partial charge in [0.1, 0.15) is 6.04 Å². The predicted molar refractivity (Wildman–Crippen MR) is 74.3 cm³/mol. The van der Waals surface area contributed by atoms with E-state index in [9.17, 15) is 9.59 Å². The highest BCUT2D eigenvalue weighted by Crippen LogP contribution is 2.13. The number of benzene rings is 1. The van der Waals surface area contributed by atoms with E-state index < -0.39 is 18.0 Å². The minimum atomic E-state index is -1.01. The van der Waals surface area contributed by atoms with Gasteiger partial charge in [-0.2, -0.15) is 0 Å². The van der Waals surface area contributed by atoms with Crippen molar-refractivity contribution in [2.75, 3.05) is 11.9 Å². The molecule has 0 aliphatic heterocycles. The first-order valence-corrected chi connectivity index (χ1v) is 6.29. The fourth-order valence-electron chi connectivity index (χ4n) is 1.68. The van der Waals surface area contributed by atoms with Gasteiger partial charge in [0.25, 0.3) is 0 Å². The molecule has 0 aliphatic rings. The van der Waals surface area contributed by atoms with Crippen molar-refractivity contribution in [3.63, 3.8) is 0 Å². The molecule has 2 atom stereocenters. The molecule has 0 saturated heterocycles. The Morgan fingerprint density at radius 2 is 1.89 bits per heavy atom. The first-order chi connectivity index (χ1) is 8.97. The molecule has 0 heterocycles. The van der Waals surface area contributed by atoms with Crippen LogP contribution in [0.2, 0.25) is 0 Å². The smallest absolute Gasteiger partial charge is 0.326 e. The molecule has 1 rings (SSSR count). The molecule has 1 aromatic carbocycles. The molecule has 0 fully saturated rings. The summed E-state index contributed by atoms with van der Waals surface area (Å²) >= 11 is 0. The number of anilines is 1. The van der Waals surface area contributed by atoms with Gasteiger partial charge in [0.15, 0.2) is 0 Å². The molecule has 2 N–H and O–H groups in total. The van der Waals surface area contributed by atoms with Crippen molar-refractivity contribution in [2.24, 2.45) is 5.92 Å². The van der Waals surface area contributed by atoms with Gasteiger partial charge in [0.2, 0.25) is 0 Å². The number of nitrogens with zero attached hydrogens (tertiary/aromatic N) is 1. The Kier molecular flexibility index (Phi) is 5.36. The topological polar surface area (TPSA) is 69.6 Å². The maximum atomic E-state index is 12.0. The zero-order valence-electron chi connectivity index (χ0n) is 11.5. The van der Waals surface area contributed by atoms with Crippen LogP contribution in [-0.2, 0) is 4.79 Å². The van der Waals surface area contributed by atoms with E-state index >= 15 is 0 Å². The third-order valence-corrected chi connectivity index (χ3v) is 3.21. The van der Waals surface area contributed by atoms with Gasteiger partial charge in [-0.05, 0) is 18.1 Å². The minimum absolute atomic E-state index is 0.120. The number of aliphatic carboxylic acids is 1. The van der Waals surface area contributed by atoms with Crippen molar-refractivity contribution in [3.8, 4) is 0 Å². The van der Waals surface area contributed by atoms with Gasteiger partial charge in [-0.3, -0.25) is 4.90 Å². The third kappa shape index (κ3) is 3.98. The van der Waals surface area contributed by atoms with Crippen molar-refractivity contribution in [2.45, 2.75) is 26.3 Å². The SMILES string of the molecule is CC[C@H](C)[C@H](NC(=O)N(C)c1ccccc1)C(=O)O. The highest BCUT2D eigenvalue weighted by molar-refractivity contribution is 5.94. The number of para-hydroxylation sites is 1. The lowest BCUT2D eigenvalue weighted by Gasteiger charge is -2.24. The number of carboxylic acid groups (broad SMARTS) is 1. The van der Waals surface area contributed by atoms with E-state index in [0.717, 1.165) is 0 Å². The van der Waals surface area contributed by atoms with E-state index in [1.807, 2.05) is 32.0 Å². The predicted octanol–water partition coefficient (Wildman–Crippen LogP) is 2.33. The molecule has 0 aliphatic carbocycles. The first-order valence-electron chi connectivity index (χ1n) is 6.29. The average Bonchev–Trinajstić information content (AvgIpc) is 2.43. The van der Waals surface area contributed by atoms with Crippen molar-refractivity contribution in [1.82, 2.24) is 5.32 Å². The second-order valence-electron chi connectivity index (χ2n) is 4.55. The summed E-state index contributed by atoms with van der Waals surface area (Å²) in [6.07, 6.45) is 0.687. The quantitative estimate of drug-likeness (QED) is 0.857. The summed E-state index contributed by atoms with van der Waals surface area (Å²) in [7, 11) is 1.61. The molecule has 104 valence electrons. The molecule has 5 nitrogen and oxygen atoms in total. The van der Waals surface area contributed by atoms with E-state index in [0.29, 0.717) is 12.1 Å². The maximum Gasteiger partial charge on any atom is 0.326 e. The zero-order chi connectivity index (χ0) is 14.4. The number of carbonyl (C=O) groups is 2. The average molecular weight is 264 g/mol. The van der Waals surface area contributed by atoms with E-state index in [-0.39, 0.29) is 5.92 Å². The van der Waals surface area contributed by atoms with E-state index in [2.05, 4.69) is 5.32 Å². The summed E-state index contributed by atoms with van der Waals surface area (Å²) in [5.41, 5.74) is 0.716. The van der Waals surface area contributed by atoms with Crippen molar-refractivity contribution in [1.29, 1.82) is 0 Å². The molecule has 19 heavy (non-hydrogen) atoms. The Morgan fingerprint density at radius 3 is 2.37 bits per heavy atom. The van der Waals surface area contributed by atoms with Gasteiger partial charge in [-0.15, -0.1) is 0 Å². The third-order valence-electron chi connectivity index (χ3n) is 3.21. The molecule has 0 radical (unpaired) electrons. The number of urea groups is 1. The van der Waals surface area contributed by atoms with Crippen LogP contribution in [0.3, 0.4) is 0 Å². The van der Waals surface area contributed by atoms with Crippen molar-refractivity contribution < 1.29 is 14.7 Å². The number of nitrogens with one attached hydrogen (secondary N) is 1. The standard InChI is InChI=1S/C14H20N2O3/c1-4-10(2)12(13(17)18)15-14(19)16(3)11-8-6-5-7-9-11/h5-10,12H,4H2,1-3H3,(H,15,19)(H,17,18)/t10-,12-/m0/s1. The van der Waals surface area contributed by atoms with Gasteiger partial charge >= 0.3 is 12.0 Å². The van der Waals surface area contributed by atoms with Crippen LogP contribution in [0.4, 0.5) is 10.5 Å². The highest BCUT2D eigenvalue weighted by atomic mass is 16.4. The molecule has 1 aromatic rings. The molecule has 0 bridgehead atoms. The summed E-state index contributed by atoms with van der Waals surface area (Å²) in [5.74, 6) is -1.13. The number of hydrogen-bond donors (Lipinski definition) is 2. The van der Waals surface area contributed by atoms with Crippen LogP contribution in [-0.4, -0.2) is 30.2 Å². The zero-order valence-corrected chi connectivity index (χ0v) is 11.5. The highest BCUT2D eigenvalue weighted by Gasteiger charge is 2.26. The van der Waals surface area contributed by atoms with E-state index in [1.165, 1.54) is 4.90 Å². The molecule has 5 heteroatoms. The maximum absolute atomic E-state index is 12.0. The summed E-state index contributed by atoms with van der Waals surface area (Å²) in [4.78, 5) is 24.6. The number of amides is 2. The summed E-state index contributed by atoms with van der Waals surface area (Å²) in [6, 6.07) is 7.79. The second-order valence-corrected chi connectivity index (χ2v) is 4.55. The van der Waals surface area contributed by atoms with Crippen LogP contribution < -0.4 is 10.2 Å². The lowest BCUT2D eigenvalue weighted by atomic mass is 9.99. The van der Waals surface area contributed by atoms with Gasteiger partial charge in [0.05, 0.1) is 0 Å². The number of hydrogen-bond acceptors (Lipinski definition) is 2. The Bertz CT molecular complexity index is 434. The summed E-state index contributed by atoms with van der Waals surface area (Å²) in [6.45, 7) is 3.70. The minimum Gasteiger partial charge on any atom is -0.480 e.